The molecule has 1 heterocycles. The van der Waals surface area contributed by atoms with Crippen molar-refractivity contribution in [1.82, 2.24) is 10.2 Å². The lowest BCUT2D eigenvalue weighted by Crippen LogP contribution is -2.47. The Morgan fingerprint density at radius 2 is 1.92 bits per heavy atom. The molecule has 1 fully saturated rings. The first-order valence-electron chi connectivity index (χ1n) is 8.71. The number of benzene rings is 1. The molecule has 1 aromatic carbocycles. The predicted octanol–water partition coefficient (Wildman–Crippen LogP) is 2.73. The standard InChI is InChI=1S/C19H28N2O2S/c1-15(14-24-2)19(23)20-17-10-12-21(13-11-17)18(22)9-8-16-6-4-3-5-7-16/h3-7,15,17H,8-14H2,1-2H3,(H,20,23)/t15-/m1/s1. The molecule has 0 unspecified atom stereocenters. The molecule has 1 aliphatic rings. The van der Waals surface area contributed by atoms with Gasteiger partial charge in [-0.25, -0.2) is 0 Å². The van der Waals surface area contributed by atoms with Crippen molar-refractivity contribution in [1.29, 1.82) is 0 Å². The van der Waals surface area contributed by atoms with Crippen molar-refractivity contribution in [3.8, 4) is 0 Å². The second-order valence-electron chi connectivity index (χ2n) is 6.51. The third kappa shape index (κ3) is 5.86. The maximum atomic E-state index is 12.3. The zero-order valence-corrected chi connectivity index (χ0v) is 15.5. The van der Waals surface area contributed by atoms with Gasteiger partial charge in [0.2, 0.25) is 11.8 Å². The number of amides is 2. The average molecular weight is 349 g/mol. The van der Waals surface area contributed by atoms with Gasteiger partial charge in [-0.05, 0) is 31.1 Å². The molecule has 1 saturated heterocycles. The summed E-state index contributed by atoms with van der Waals surface area (Å²) in [6, 6.07) is 10.3. The van der Waals surface area contributed by atoms with E-state index in [0.717, 1.165) is 38.1 Å². The molecular weight excluding hydrogens is 320 g/mol. The van der Waals surface area contributed by atoms with E-state index in [1.807, 2.05) is 36.3 Å². The highest BCUT2D eigenvalue weighted by atomic mass is 32.2. The molecule has 0 radical (unpaired) electrons. The number of carbonyl (C=O) groups is 2. The van der Waals surface area contributed by atoms with Crippen molar-refractivity contribution in [2.75, 3.05) is 25.1 Å². The number of nitrogens with one attached hydrogen (secondary N) is 1. The van der Waals surface area contributed by atoms with Crippen LogP contribution in [0, 0.1) is 5.92 Å². The molecule has 132 valence electrons. The number of likely N-dealkylation sites (tertiary alicyclic amines) is 1. The Bertz CT molecular complexity index is 527. The Labute approximate surface area is 149 Å². The fourth-order valence-electron chi connectivity index (χ4n) is 3.00. The summed E-state index contributed by atoms with van der Waals surface area (Å²) in [5, 5.41) is 3.13. The largest absolute Gasteiger partial charge is 0.353 e. The van der Waals surface area contributed by atoms with Crippen LogP contribution in [0.2, 0.25) is 0 Å². The van der Waals surface area contributed by atoms with E-state index in [1.165, 1.54) is 5.56 Å². The van der Waals surface area contributed by atoms with Gasteiger partial charge in [-0.15, -0.1) is 0 Å². The number of nitrogens with zero attached hydrogens (tertiary/aromatic N) is 1. The lowest BCUT2D eigenvalue weighted by atomic mass is 10.0. The third-order valence-electron chi connectivity index (χ3n) is 4.53. The van der Waals surface area contributed by atoms with E-state index in [-0.39, 0.29) is 23.8 Å². The van der Waals surface area contributed by atoms with E-state index in [2.05, 4.69) is 17.4 Å². The summed E-state index contributed by atoms with van der Waals surface area (Å²) < 4.78 is 0. The zero-order valence-electron chi connectivity index (χ0n) is 14.7. The Balaban J connectivity index is 1.70. The maximum Gasteiger partial charge on any atom is 0.223 e. The fourth-order valence-corrected chi connectivity index (χ4v) is 3.65. The van der Waals surface area contributed by atoms with Crippen molar-refractivity contribution >= 4 is 23.6 Å². The molecule has 5 heteroatoms. The monoisotopic (exact) mass is 348 g/mol. The van der Waals surface area contributed by atoms with Gasteiger partial charge in [0.15, 0.2) is 0 Å². The van der Waals surface area contributed by atoms with Crippen LogP contribution >= 0.6 is 11.8 Å². The Kier molecular flexibility index (Phi) is 7.63. The van der Waals surface area contributed by atoms with Crippen LogP contribution in [0.1, 0.15) is 31.7 Å². The van der Waals surface area contributed by atoms with Gasteiger partial charge in [0, 0.05) is 37.2 Å². The summed E-state index contributed by atoms with van der Waals surface area (Å²) in [5.74, 6) is 1.26. The summed E-state index contributed by atoms with van der Waals surface area (Å²) in [6.45, 7) is 3.46. The van der Waals surface area contributed by atoms with Crippen molar-refractivity contribution in [2.45, 2.75) is 38.6 Å². The number of hydrogen-bond donors (Lipinski definition) is 1. The van der Waals surface area contributed by atoms with Crippen molar-refractivity contribution in [3.63, 3.8) is 0 Å². The van der Waals surface area contributed by atoms with Gasteiger partial charge >= 0.3 is 0 Å². The molecule has 0 aliphatic carbocycles. The number of thioether (sulfide) groups is 1. The van der Waals surface area contributed by atoms with E-state index in [4.69, 9.17) is 0 Å². The number of piperidine rings is 1. The average Bonchev–Trinajstić information content (AvgIpc) is 2.61. The second kappa shape index (κ2) is 9.72. The fraction of sp³-hybridized carbons (Fsp3) is 0.579. The first-order valence-corrected chi connectivity index (χ1v) is 10.1. The molecule has 0 aromatic heterocycles. The normalized spacial score (nSPS) is 16.7. The molecule has 2 amide bonds. The van der Waals surface area contributed by atoms with Crippen molar-refractivity contribution in [3.05, 3.63) is 35.9 Å². The minimum absolute atomic E-state index is 0.0468. The van der Waals surface area contributed by atoms with Gasteiger partial charge in [0.05, 0.1) is 0 Å². The van der Waals surface area contributed by atoms with E-state index < -0.39 is 0 Å². The van der Waals surface area contributed by atoms with Crippen LogP contribution in [0.4, 0.5) is 0 Å². The Morgan fingerprint density at radius 1 is 1.25 bits per heavy atom. The minimum atomic E-state index is 0.0468. The van der Waals surface area contributed by atoms with Gasteiger partial charge in [-0.2, -0.15) is 11.8 Å². The summed E-state index contributed by atoms with van der Waals surface area (Å²) in [7, 11) is 0. The smallest absolute Gasteiger partial charge is 0.223 e. The van der Waals surface area contributed by atoms with Crippen LogP contribution in [-0.2, 0) is 16.0 Å². The quantitative estimate of drug-likeness (QED) is 0.824. The number of hydrogen-bond acceptors (Lipinski definition) is 3. The number of aryl methyl sites for hydroxylation is 1. The SMILES string of the molecule is CSC[C@@H](C)C(=O)NC1CCN(C(=O)CCc2ccccc2)CC1. The molecule has 0 spiro atoms. The first kappa shape index (κ1) is 18.8. The van der Waals surface area contributed by atoms with Gasteiger partial charge in [-0.3, -0.25) is 9.59 Å². The second-order valence-corrected chi connectivity index (χ2v) is 7.42. The van der Waals surface area contributed by atoms with Gasteiger partial charge in [-0.1, -0.05) is 37.3 Å². The van der Waals surface area contributed by atoms with Crippen LogP contribution in [0.15, 0.2) is 30.3 Å². The summed E-state index contributed by atoms with van der Waals surface area (Å²) in [5.41, 5.74) is 1.20. The topological polar surface area (TPSA) is 49.4 Å². The van der Waals surface area contributed by atoms with E-state index in [9.17, 15) is 9.59 Å². The summed E-state index contributed by atoms with van der Waals surface area (Å²) in [6.07, 6.45) is 5.08. The van der Waals surface area contributed by atoms with Crippen LogP contribution in [0.3, 0.4) is 0 Å². The highest BCUT2D eigenvalue weighted by Gasteiger charge is 2.24. The van der Waals surface area contributed by atoms with E-state index in [0.29, 0.717) is 6.42 Å². The van der Waals surface area contributed by atoms with Crippen molar-refractivity contribution < 1.29 is 9.59 Å². The van der Waals surface area contributed by atoms with E-state index in [1.54, 1.807) is 11.8 Å². The van der Waals surface area contributed by atoms with Crippen LogP contribution in [-0.4, -0.2) is 47.9 Å². The zero-order chi connectivity index (χ0) is 17.4. The summed E-state index contributed by atoms with van der Waals surface area (Å²) >= 11 is 1.69. The van der Waals surface area contributed by atoms with Crippen LogP contribution in [0.25, 0.3) is 0 Å². The molecular formula is C19H28N2O2S. The highest BCUT2D eigenvalue weighted by Crippen LogP contribution is 2.14. The number of rotatable bonds is 7. The molecule has 0 saturated carbocycles. The Morgan fingerprint density at radius 3 is 2.54 bits per heavy atom. The predicted molar refractivity (Wildman–Crippen MR) is 100 cm³/mol. The summed E-state index contributed by atoms with van der Waals surface area (Å²) in [4.78, 5) is 26.3. The maximum absolute atomic E-state index is 12.3. The molecule has 1 atom stereocenters. The number of carbonyl (C=O) groups excluding carboxylic acids is 2. The van der Waals surface area contributed by atoms with Crippen molar-refractivity contribution in [2.24, 2.45) is 5.92 Å². The first-order chi connectivity index (χ1) is 11.6. The van der Waals surface area contributed by atoms with Gasteiger partial charge in [0.1, 0.15) is 0 Å². The molecule has 0 bridgehead atoms. The lowest BCUT2D eigenvalue weighted by Gasteiger charge is -2.33. The van der Waals surface area contributed by atoms with E-state index >= 15 is 0 Å². The minimum Gasteiger partial charge on any atom is -0.353 e. The van der Waals surface area contributed by atoms with Crippen LogP contribution < -0.4 is 5.32 Å². The lowest BCUT2D eigenvalue weighted by molar-refractivity contribution is -0.132. The molecule has 4 nitrogen and oxygen atoms in total. The van der Waals surface area contributed by atoms with Crippen LogP contribution in [0.5, 0.6) is 0 Å². The molecule has 24 heavy (non-hydrogen) atoms. The molecule has 1 aliphatic heterocycles. The van der Waals surface area contributed by atoms with Gasteiger partial charge < -0.3 is 10.2 Å². The highest BCUT2D eigenvalue weighted by molar-refractivity contribution is 7.98. The van der Waals surface area contributed by atoms with Gasteiger partial charge in [0.25, 0.3) is 0 Å². The Hall–Kier alpha value is -1.49. The molecule has 1 N–H and O–H groups in total. The molecule has 1 aromatic rings. The third-order valence-corrected chi connectivity index (χ3v) is 5.36. The molecule has 2 rings (SSSR count).